The molecule has 2 nitrogen and oxygen atoms in total. The van der Waals surface area contributed by atoms with Gasteiger partial charge in [-0.05, 0) is 64.0 Å². The average molecular weight is 341 g/mol. The highest BCUT2D eigenvalue weighted by molar-refractivity contribution is 5.31. The Morgan fingerprint density at radius 1 is 1.24 bits per heavy atom. The van der Waals surface area contributed by atoms with Crippen molar-refractivity contribution in [1.82, 2.24) is 10.6 Å². The van der Waals surface area contributed by atoms with Gasteiger partial charge in [-0.2, -0.15) is 0 Å². The summed E-state index contributed by atoms with van der Waals surface area (Å²) in [6, 6.07) is 8.70. The molecule has 0 aromatic heterocycles. The van der Waals surface area contributed by atoms with Crippen molar-refractivity contribution in [2.45, 2.75) is 72.3 Å². The summed E-state index contributed by atoms with van der Waals surface area (Å²) >= 11 is 0. The van der Waals surface area contributed by atoms with Gasteiger partial charge in [0.05, 0.1) is 5.54 Å². The van der Waals surface area contributed by atoms with Crippen LogP contribution in [0.5, 0.6) is 0 Å². The highest BCUT2D eigenvalue weighted by Gasteiger charge is 2.31. The molecule has 0 amide bonds. The van der Waals surface area contributed by atoms with Crippen LogP contribution in [0.15, 0.2) is 60.6 Å². The lowest BCUT2D eigenvalue weighted by molar-refractivity contribution is 0.365. The lowest BCUT2D eigenvalue weighted by atomic mass is 9.80. The van der Waals surface area contributed by atoms with Gasteiger partial charge in [-0.3, -0.25) is 0 Å². The molecule has 0 radical (unpaired) electrons. The third kappa shape index (κ3) is 5.81. The molecule has 0 spiro atoms. The molecule has 2 N–H and O–H groups in total. The van der Waals surface area contributed by atoms with Crippen molar-refractivity contribution in [1.29, 1.82) is 0 Å². The van der Waals surface area contributed by atoms with Crippen LogP contribution in [0, 0.1) is 6.92 Å². The fourth-order valence-corrected chi connectivity index (χ4v) is 3.43. The molecule has 2 heteroatoms. The van der Waals surface area contributed by atoms with Crippen LogP contribution >= 0.6 is 0 Å². The Bertz CT molecular complexity index is 627. The van der Waals surface area contributed by atoms with Crippen molar-refractivity contribution in [3.63, 3.8) is 0 Å². The Balaban J connectivity index is 3.13. The maximum atomic E-state index is 4.36. The van der Waals surface area contributed by atoms with Gasteiger partial charge in [0.15, 0.2) is 0 Å². The van der Waals surface area contributed by atoms with Gasteiger partial charge in [-0.1, -0.05) is 57.3 Å². The zero-order valence-electron chi connectivity index (χ0n) is 17.0. The number of allylic oxidation sites excluding steroid dienone is 3. The van der Waals surface area contributed by atoms with Crippen LogP contribution in [-0.4, -0.2) is 5.54 Å². The van der Waals surface area contributed by atoms with Crippen LogP contribution in [0.3, 0.4) is 0 Å². The van der Waals surface area contributed by atoms with E-state index >= 15 is 0 Å². The molecule has 1 aromatic rings. The van der Waals surface area contributed by atoms with Crippen LogP contribution in [0.1, 0.15) is 70.9 Å². The van der Waals surface area contributed by atoms with Crippen molar-refractivity contribution < 1.29 is 0 Å². The molecule has 2 atom stereocenters. The normalized spacial score (nSPS) is 15.2. The number of aryl methyl sites for hydroxylation is 1. The number of rotatable bonds is 10. The Morgan fingerprint density at radius 2 is 1.88 bits per heavy atom. The molecule has 0 saturated carbocycles. The van der Waals surface area contributed by atoms with E-state index in [1.165, 1.54) is 16.8 Å². The summed E-state index contributed by atoms with van der Waals surface area (Å²) in [5, 5.41) is 7.10. The molecule has 25 heavy (non-hydrogen) atoms. The lowest BCUT2D eigenvalue weighted by Crippen LogP contribution is -2.47. The molecule has 0 saturated heterocycles. The maximum Gasteiger partial charge on any atom is 0.0742 e. The van der Waals surface area contributed by atoms with Gasteiger partial charge in [-0.25, -0.2) is 0 Å². The third-order valence-electron chi connectivity index (χ3n) is 4.97. The average Bonchev–Trinajstić information content (AvgIpc) is 2.57. The predicted octanol–water partition coefficient (Wildman–Crippen LogP) is 6.18. The van der Waals surface area contributed by atoms with E-state index in [2.05, 4.69) is 88.8 Å². The smallest absolute Gasteiger partial charge is 0.0742 e. The van der Waals surface area contributed by atoms with E-state index in [-0.39, 0.29) is 5.54 Å². The summed E-state index contributed by atoms with van der Waals surface area (Å²) < 4.78 is 0. The third-order valence-corrected chi connectivity index (χ3v) is 4.97. The molecule has 1 unspecified atom stereocenters. The highest BCUT2D eigenvalue weighted by Crippen LogP contribution is 2.34. The van der Waals surface area contributed by atoms with Crippen LogP contribution < -0.4 is 10.6 Å². The topological polar surface area (TPSA) is 24.1 Å². The monoisotopic (exact) mass is 340 g/mol. The molecule has 0 bridgehead atoms. The predicted molar refractivity (Wildman–Crippen MR) is 112 cm³/mol. The summed E-state index contributed by atoms with van der Waals surface area (Å²) in [7, 11) is 0. The molecule has 0 aliphatic rings. The first-order valence-electron chi connectivity index (χ1n) is 9.38. The second-order valence-corrected chi connectivity index (χ2v) is 7.17. The summed E-state index contributed by atoms with van der Waals surface area (Å²) in [6.45, 7) is 21.3. The van der Waals surface area contributed by atoms with Gasteiger partial charge < -0.3 is 10.6 Å². The minimum absolute atomic E-state index is 0.266. The molecule has 1 rings (SSSR count). The molecule has 0 aliphatic carbocycles. The zero-order valence-corrected chi connectivity index (χ0v) is 17.0. The Hall–Kier alpha value is -1.96. The van der Waals surface area contributed by atoms with E-state index in [1.807, 2.05) is 6.92 Å². The Kier molecular flexibility index (Phi) is 8.02. The fourth-order valence-electron chi connectivity index (χ4n) is 3.43. The van der Waals surface area contributed by atoms with E-state index < -0.39 is 0 Å². The van der Waals surface area contributed by atoms with Crippen LogP contribution in [0.25, 0.3) is 0 Å². The van der Waals surface area contributed by atoms with Gasteiger partial charge in [-0.15, -0.1) is 0 Å². The van der Waals surface area contributed by atoms with Gasteiger partial charge in [0.1, 0.15) is 0 Å². The minimum Gasteiger partial charge on any atom is -0.378 e. The van der Waals surface area contributed by atoms with Gasteiger partial charge in [0.25, 0.3) is 0 Å². The van der Waals surface area contributed by atoms with Crippen molar-refractivity contribution >= 4 is 0 Å². The lowest BCUT2D eigenvalue weighted by Gasteiger charge is -2.38. The Morgan fingerprint density at radius 3 is 2.36 bits per heavy atom. The summed E-state index contributed by atoms with van der Waals surface area (Å²) in [6.07, 6.45) is 5.14. The van der Waals surface area contributed by atoms with Gasteiger partial charge in [0, 0.05) is 17.1 Å². The Labute approximate surface area is 155 Å². The molecule has 0 heterocycles. The number of benzene rings is 1. The van der Waals surface area contributed by atoms with Gasteiger partial charge in [0.2, 0.25) is 0 Å². The molecule has 0 aliphatic heterocycles. The molecular formula is C23H36N2. The first-order chi connectivity index (χ1) is 11.8. The van der Waals surface area contributed by atoms with Crippen molar-refractivity contribution in [3.05, 3.63) is 71.7 Å². The summed E-state index contributed by atoms with van der Waals surface area (Å²) in [5.74, 6) is 0.465. The maximum absolute atomic E-state index is 4.36. The van der Waals surface area contributed by atoms with Gasteiger partial charge >= 0.3 is 0 Å². The van der Waals surface area contributed by atoms with E-state index in [4.69, 9.17) is 0 Å². The fraction of sp³-hybridized carbons (Fsp3) is 0.478. The second-order valence-electron chi connectivity index (χ2n) is 7.17. The van der Waals surface area contributed by atoms with E-state index in [1.54, 1.807) is 0 Å². The van der Waals surface area contributed by atoms with E-state index in [0.29, 0.717) is 5.92 Å². The number of nitrogens with one attached hydrogen (secondary N) is 2. The standard InChI is InChI=1S/C23H36N2/c1-9-20(22-15-13-12-14-18(22)6)16-23(8,25-17(4)5)19(7)24-21(10-2)11-3/h10,12-15,20,24-25H,4,7,9,11,16H2,1-3,5-6,8H3/b21-10+/t20?,23-/m1/s1. The zero-order chi connectivity index (χ0) is 19.0. The largest absolute Gasteiger partial charge is 0.378 e. The van der Waals surface area contributed by atoms with Crippen LogP contribution in [-0.2, 0) is 0 Å². The quantitative estimate of drug-likeness (QED) is 0.531. The minimum atomic E-state index is -0.266. The van der Waals surface area contributed by atoms with Crippen LogP contribution in [0.4, 0.5) is 0 Å². The number of hydrogen-bond acceptors (Lipinski definition) is 2. The SMILES string of the molecule is C=C(C)N[C@](C)(CC(CC)c1ccccc1C)C(=C)N/C(=C/C)CC. The van der Waals surface area contributed by atoms with Crippen molar-refractivity contribution in [2.75, 3.05) is 0 Å². The van der Waals surface area contributed by atoms with E-state index in [0.717, 1.165) is 30.7 Å². The number of hydrogen-bond donors (Lipinski definition) is 2. The second kappa shape index (κ2) is 9.50. The molecule has 138 valence electrons. The molecule has 0 fully saturated rings. The first-order valence-corrected chi connectivity index (χ1v) is 9.38. The first kappa shape index (κ1) is 21.1. The van der Waals surface area contributed by atoms with Crippen LogP contribution in [0.2, 0.25) is 0 Å². The van der Waals surface area contributed by atoms with E-state index in [9.17, 15) is 0 Å². The van der Waals surface area contributed by atoms with Crippen molar-refractivity contribution in [2.24, 2.45) is 0 Å². The van der Waals surface area contributed by atoms with Crippen molar-refractivity contribution in [3.8, 4) is 0 Å². The highest BCUT2D eigenvalue weighted by atomic mass is 15.1. The summed E-state index contributed by atoms with van der Waals surface area (Å²) in [5.41, 5.74) is 5.67. The summed E-state index contributed by atoms with van der Waals surface area (Å²) in [4.78, 5) is 0. The molecule has 1 aromatic carbocycles. The molecular weight excluding hydrogens is 304 g/mol.